The van der Waals surface area contributed by atoms with Gasteiger partial charge in [0.05, 0.1) is 5.16 Å². The van der Waals surface area contributed by atoms with Crippen LogP contribution in [0.3, 0.4) is 0 Å². The van der Waals surface area contributed by atoms with Gasteiger partial charge in [0.15, 0.2) is 0 Å². The molecular weight excluding hydrogens is 338 g/mol. The maximum Gasteiger partial charge on any atom is 0.694 e. The molecule has 1 saturated carbocycles. The SMILES string of the molecule is CCCCCC(C)(CC1CCCC1)P(=O)(O)O.CCO[P+](=O)O. The normalized spacial score (nSPS) is 19.0. The Morgan fingerprint density at radius 1 is 1.22 bits per heavy atom. The van der Waals surface area contributed by atoms with Gasteiger partial charge < -0.3 is 9.79 Å². The lowest BCUT2D eigenvalue weighted by Crippen LogP contribution is -2.27. The number of unbranched alkanes of at least 4 members (excludes halogenated alkanes) is 2. The van der Waals surface area contributed by atoms with Crippen molar-refractivity contribution in [2.45, 2.75) is 83.7 Å². The van der Waals surface area contributed by atoms with Crippen molar-refractivity contribution >= 4 is 15.9 Å². The fourth-order valence-electron chi connectivity index (χ4n) is 3.07. The second kappa shape index (κ2) is 11.7. The maximum absolute atomic E-state index is 11.7. The van der Waals surface area contributed by atoms with Crippen molar-refractivity contribution < 1.29 is 28.3 Å². The molecule has 2 unspecified atom stereocenters. The van der Waals surface area contributed by atoms with Gasteiger partial charge in [-0.3, -0.25) is 4.57 Å². The Bertz CT molecular complexity index is 378. The molecule has 1 aliphatic carbocycles. The Balaban J connectivity index is 0.000000688. The van der Waals surface area contributed by atoms with Crippen LogP contribution in [-0.2, 0) is 13.7 Å². The molecule has 0 aromatic carbocycles. The smallest absolute Gasteiger partial charge is 0.324 e. The van der Waals surface area contributed by atoms with Gasteiger partial charge in [0.1, 0.15) is 6.61 Å². The quantitative estimate of drug-likeness (QED) is 0.399. The first-order valence-electron chi connectivity index (χ1n) is 8.51. The van der Waals surface area contributed by atoms with Crippen LogP contribution < -0.4 is 0 Å². The molecule has 138 valence electrons. The second-order valence-electron chi connectivity index (χ2n) is 6.51. The van der Waals surface area contributed by atoms with Gasteiger partial charge in [-0.25, -0.2) is 0 Å². The average molecular weight is 371 g/mol. The summed E-state index contributed by atoms with van der Waals surface area (Å²) < 4.78 is 25.4. The molecule has 0 aliphatic heterocycles. The van der Waals surface area contributed by atoms with E-state index in [1.54, 1.807) is 13.8 Å². The van der Waals surface area contributed by atoms with E-state index in [2.05, 4.69) is 11.4 Å². The highest BCUT2D eigenvalue weighted by molar-refractivity contribution is 7.53. The first kappa shape index (κ1) is 23.2. The fraction of sp³-hybridized carbons (Fsp3) is 1.00. The van der Waals surface area contributed by atoms with Crippen LogP contribution in [0, 0.1) is 5.92 Å². The Morgan fingerprint density at radius 2 is 1.78 bits per heavy atom. The van der Waals surface area contributed by atoms with Crippen molar-refractivity contribution in [2.24, 2.45) is 5.92 Å². The predicted octanol–water partition coefficient (Wildman–Crippen LogP) is 4.76. The van der Waals surface area contributed by atoms with Gasteiger partial charge in [-0.2, -0.15) is 0 Å². The van der Waals surface area contributed by atoms with Crippen LogP contribution in [0.5, 0.6) is 0 Å². The monoisotopic (exact) mass is 371 g/mol. The first-order chi connectivity index (χ1) is 10.7. The summed E-state index contributed by atoms with van der Waals surface area (Å²) in [6.45, 7) is 5.86. The first-order valence-corrected chi connectivity index (χ1v) is 11.2. The zero-order valence-electron chi connectivity index (χ0n) is 14.6. The number of hydrogen-bond acceptors (Lipinski definition) is 3. The largest absolute Gasteiger partial charge is 0.694 e. The topological polar surface area (TPSA) is 104 Å². The third kappa shape index (κ3) is 9.91. The summed E-state index contributed by atoms with van der Waals surface area (Å²) in [4.78, 5) is 27.1. The minimum absolute atomic E-state index is 0.297. The van der Waals surface area contributed by atoms with E-state index in [1.165, 1.54) is 12.8 Å². The molecule has 8 heteroatoms. The zero-order chi connectivity index (χ0) is 17.9. The molecule has 6 nitrogen and oxygen atoms in total. The highest BCUT2D eigenvalue weighted by atomic mass is 31.2. The van der Waals surface area contributed by atoms with Gasteiger partial charge in [0.2, 0.25) is 0 Å². The fourth-order valence-corrected chi connectivity index (χ4v) is 4.24. The standard InChI is InChI=1S/C13H27O3P.C2H5O3P/c1-3-4-7-10-13(2,17(14,15)16)11-12-8-5-6-9-12;1-2-5-6(3)4/h12H,3-11H2,1-2H3,(H2,14,15,16);2H2,1H3/p+1. The van der Waals surface area contributed by atoms with Crippen molar-refractivity contribution in [2.75, 3.05) is 6.61 Å². The van der Waals surface area contributed by atoms with E-state index in [1.807, 2.05) is 0 Å². The van der Waals surface area contributed by atoms with Gasteiger partial charge in [0.25, 0.3) is 0 Å². The van der Waals surface area contributed by atoms with Crippen LogP contribution in [0.1, 0.15) is 78.6 Å². The summed E-state index contributed by atoms with van der Waals surface area (Å²) in [6.07, 6.45) is 9.26. The molecule has 0 aromatic heterocycles. The molecule has 0 saturated heterocycles. The van der Waals surface area contributed by atoms with Gasteiger partial charge in [-0.1, -0.05) is 51.9 Å². The van der Waals surface area contributed by atoms with Crippen molar-refractivity contribution in [1.29, 1.82) is 0 Å². The van der Waals surface area contributed by atoms with Crippen LogP contribution in [0.15, 0.2) is 0 Å². The Hall–Kier alpha value is 0.170. The molecule has 0 spiro atoms. The summed E-state index contributed by atoms with van der Waals surface area (Å²) in [6, 6.07) is 0. The molecule has 23 heavy (non-hydrogen) atoms. The van der Waals surface area contributed by atoms with Gasteiger partial charge in [0, 0.05) is 4.57 Å². The molecule has 0 heterocycles. The minimum Gasteiger partial charge on any atom is -0.324 e. The van der Waals surface area contributed by atoms with Crippen LogP contribution in [0.4, 0.5) is 0 Å². The van der Waals surface area contributed by atoms with Crippen LogP contribution in [-0.4, -0.2) is 26.4 Å². The van der Waals surface area contributed by atoms with Crippen molar-refractivity contribution in [3.63, 3.8) is 0 Å². The van der Waals surface area contributed by atoms with E-state index in [4.69, 9.17) is 4.89 Å². The Kier molecular flexibility index (Phi) is 11.8. The highest BCUT2D eigenvalue weighted by Gasteiger charge is 2.43. The molecule has 1 aliphatic rings. The summed E-state index contributed by atoms with van der Waals surface area (Å²) in [5, 5.41) is -0.781. The maximum atomic E-state index is 11.7. The summed E-state index contributed by atoms with van der Waals surface area (Å²) in [7, 11) is -6.33. The zero-order valence-corrected chi connectivity index (χ0v) is 16.4. The Morgan fingerprint density at radius 3 is 2.13 bits per heavy atom. The Labute approximate surface area is 141 Å². The van der Waals surface area contributed by atoms with Crippen molar-refractivity contribution in [1.82, 2.24) is 0 Å². The van der Waals surface area contributed by atoms with Crippen molar-refractivity contribution in [3.8, 4) is 0 Å². The van der Waals surface area contributed by atoms with E-state index in [9.17, 15) is 18.9 Å². The van der Waals surface area contributed by atoms with Crippen LogP contribution >= 0.6 is 15.9 Å². The summed E-state index contributed by atoms with van der Waals surface area (Å²) >= 11 is 0. The van der Waals surface area contributed by atoms with E-state index < -0.39 is 21.0 Å². The van der Waals surface area contributed by atoms with Crippen LogP contribution in [0.2, 0.25) is 0 Å². The molecule has 1 rings (SSSR count). The van der Waals surface area contributed by atoms with Crippen LogP contribution in [0.25, 0.3) is 0 Å². The van der Waals surface area contributed by atoms with Gasteiger partial charge >= 0.3 is 15.9 Å². The van der Waals surface area contributed by atoms with E-state index >= 15 is 0 Å². The molecule has 1 fully saturated rings. The lowest BCUT2D eigenvalue weighted by molar-refractivity contribution is 0.288. The predicted molar refractivity (Wildman–Crippen MR) is 92.6 cm³/mol. The molecule has 0 bridgehead atoms. The van der Waals surface area contributed by atoms with Crippen molar-refractivity contribution in [3.05, 3.63) is 0 Å². The lowest BCUT2D eigenvalue weighted by Gasteiger charge is -2.33. The number of hydrogen-bond donors (Lipinski definition) is 3. The molecule has 0 amide bonds. The minimum atomic E-state index is -3.98. The molecule has 2 atom stereocenters. The molecular formula is C15H33O6P2+. The molecule has 0 aromatic rings. The molecule has 3 N–H and O–H groups in total. The van der Waals surface area contributed by atoms with E-state index in [-0.39, 0.29) is 0 Å². The average Bonchev–Trinajstić information content (AvgIpc) is 2.91. The summed E-state index contributed by atoms with van der Waals surface area (Å²) in [5.41, 5.74) is 0. The van der Waals surface area contributed by atoms with Gasteiger partial charge in [-0.05, 0) is 32.6 Å². The second-order valence-corrected chi connectivity index (χ2v) is 9.41. The molecule has 0 radical (unpaired) electrons. The third-order valence-electron chi connectivity index (χ3n) is 4.46. The summed E-state index contributed by atoms with van der Waals surface area (Å²) in [5.74, 6) is 0.536. The lowest BCUT2D eigenvalue weighted by atomic mass is 9.90. The highest BCUT2D eigenvalue weighted by Crippen LogP contribution is 2.57. The number of rotatable bonds is 9. The van der Waals surface area contributed by atoms with E-state index in [0.29, 0.717) is 25.4 Å². The third-order valence-corrected chi connectivity index (χ3v) is 6.76. The van der Waals surface area contributed by atoms with Gasteiger partial charge in [-0.15, -0.1) is 9.42 Å². The van der Waals surface area contributed by atoms with E-state index in [0.717, 1.165) is 32.1 Å².